The van der Waals surface area contributed by atoms with Gasteiger partial charge in [-0.2, -0.15) is 5.26 Å². The molecule has 0 amide bonds. The predicted molar refractivity (Wildman–Crippen MR) is 50.9 cm³/mol. The molecule has 0 aliphatic heterocycles. The quantitative estimate of drug-likeness (QED) is 0.557. The van der Waals surface area contributed by atoms with Crippen LogP contribution in [0.4, 0.5) is 4.39 Å². The average Bonchev–Trinajstić information content (AvgIpc) is 2.20. The zero-order valence-corrected chi connectivity index (χ0v) is 8.23. The first-order valence-electron chi connectivity index (χ1n) is 3.90. The lowest BCUT2D eigenvalue weighted by Crippen LogP contribution is -2.05. The van der Waals surface area contributed by atoms with E-state index in [0.717, 1.165) is 6.07 Å². The maximum absolute atomic E-state index is 13.0. The molecule has 2 nitrogen and oxygen atoms in total. The van der Waals surface area contributed by atoms with Gasteiger partial charge in [0.2, 0.25) is 0 Å². The molecule has 0 atom stereocenters. The summed E-state index contributed by atoms with van der Waals surface area (Å²) in [4.78, 5) is 11.3. The average molecular weight is 212 g/mol. The van der Waals surface area contributed by atoms with Crippen LogP contribution in [0.5, 0.6) is 0 Å². The van der Waals surface area contributed by atoms with Crippen molar-refractivity contribution in [2.75, 3.05) is 5.88 Å². The van der Waals surface area contributed by atoms with E-state index >= 15 is 0 Å². The highest BCUT2D eigenvalue weighted by molar-refractivity contribution is 6.30. The monoisotopic (exact) mass is 211 g/mol. The summed E-state index contributed by atoms with van der Waals surface area (Å²) in [5, 5.41) is 8.76. The molecule has 0 saturated carbocycles. The maximum Gasteiger partial charge on any atom is 0.178 e. The van der Waals surface area contributed by atoms with E-state index in [-0.39, 0.29) is 28.4 Å². The Kier molecular flexibility index (Phi) is 3.21. The second-order valence-corrected chi connectivity index (χ2v) is 3.03. The number of nitriles is 1. The van der Waals surface area contributed by atoms with Crippen molar-refractivity contribution in [3.8, 4) is 6.07 Å². The SMILES string of the molecule is Cc1c(F)ccc(C(=O)CCl)c1C#N. The summed E-state index contributed by atoms with van der Waals surface area (Å²) in [6.45, 7) is 1.46. The van der Waals surface area contributed by atoms with Crippen LogP contribution in [0, 0.1) is 24.1 Å². The van der Waals surface area contributed by atoms with E-state index in [2.05, 4.69) is 0 Å². The van der Waals surface area contributed by atoms with Gasteiger partial charge in [-0.05, 0) is 19.1 Å². The molecule has 1 aromatic rings. The fourth-order valence-electron chi connectivity index (χ4n) is 1.13. The van der Waals surface area contributed by atoms with Gasteiger partial charge in [0.25, 0.3) is 0 Å². The summed E-state index contributed by atoms with van der Waals surface area (Å²) in [5.74, 6) is -1.07. The third-order valence-corrected chi connectivity index (χ3v) is 2.18. The van der Waals surface area contributed by atoms with Gasteiger partial charge in [0.15, 0.2) is 5.78 Å². The Morgan fingerprint density at radius 2 is 2.29 bits per heavy atom. The fourth-order valence-corrected chi connectivity index (χ4v) is 1.28. The molecule has 0 aliphatic rings. The van der Waals surface area contributed by atoms with E-state index in [4.69, 9.17) is 16.9 Å². The highest BCUT2D eigenvalue weighted by Crippen LogP contribution is 2.17. The molecule has 1 aromatic carbocycles. The number of hydrogen-bond acceptors (Lipinski definition) is 2. The van der Waals surface area contributed by atoms with Crippen LogP contribution < -0.4 is 0 Å². The summed E-state index contributed by atoms with van der Waals surface area (Å²) >= 11 is 5.35. The number of ketones is 1. The van der Waals surface area contributed by atoms with Gasteiger partial charge in [0.1, 0.15) is 11.9 Å². The van der Waals surface area contributed by atoms with Crippen molar-refractivity contribution in [1.29, 1.82) is 5.26 Å². The molecule has 0 saturated heterocycles. The van der Waals surface area contributed by atoms with E-state index in [1.165, 1.54) is 13.0 Å². The lowest BCUT2D eigenvalue weighted by atomic mass is 10.00. The molecule has 0 bridgehead atoms. The highest BCUT2D eigenvalue weighted by Gasteiger charge is 2.14. The third kappa shape index (κ3) is 1.75. The van der Waals surface area contributed by atoms with Gasteiger partial charge < -0.3 is 0 Å². The summed E-state index contributed by atoms with van der Waals surface area (Å²) in [5.41, 5.74) is 0.431. The molecule has 0 radical (unpaired) electrons. The summed E-state index contributed by atoms with van der Waals surface area (Å²) < 4.78 is 13.0. The molecular formula is C10H7ClFNO. The van der Waals surface area contributed by atoms with Gasteiger partial charge in [-0.1, -0.05) is 0 Å². The Bertz CT molecular complexity index is 423. The summed E-state index contributed by atoms with van der Waals surface area (Å²) in [6.07, 6.45) is 0. The molecule has 0 fully saturated rings. The molecule has 0 spiro atoms. The number of benzene rings is 1. The Hall–Kier alpha value is -1.40. The van der Waals surface area contributed by atoms with E-state index < -0.39 is 5.82 Å². The fraction of sp³-hybridized carbons (Fsp3) is 0.200. The van der Waals surface area contributed by atoms with Crippen LogP contribution in [-0.4, -0.2) is 11.7 Å². The number of rotatable bonds is 2. The van der Waals surface area contributed by atoms with Gasteiger partial charge in [-0.25, -0.2) is 4.39 Å². The number of carbonyl (C=O) groups excluding carboxylic acids is 1. The lowest BCUT2D eigenvalue weighted by molar-refractivity contribution is 0.102. The second kappa shape index (κ2) is 4.21. The van der Waals surface area contributed by atoms with Gasteiger partial charge in [-0.15, -0.1) is 11.6 Å². The van der Waals surface area contributed by atoms with Gasteiger partial charge in [0.05, 0.1) is 11.4 Å². The number of halogens is 2. The Morgan fingerprint density at radius 1 is 1.64 bits per heavy atom. The smallest absolute Gasteiger partial charge is 0.178 e. The predicted octanol–water partition coefficient (Wildman–Crippen LogP) is 2.43. The molecule has 72 valence electrons. The maximum atomic E-state index is 13.0. The zero-order chi connectivity index (χ0) is 10.7. The van der Waals surface area contributed by atoms with Crippen LogP contribution in [0.25, 0.3) is 0 Å². The standard InChI is InChI=1S/C10H7ClFNO/c1-6-8(5-13)7(10(14)4-11)2-3-9(6)12/h2-3H,4H2,1H3. The van der Waals surface area contributed by atoms with Crippen molar-refractivity contribution in [3.05, 3.63) is 34.6 Å². The van der Waals surface area contributed by atoms with Crippen molar-refractivity contribution in [1.82, 2.24) is 0 Å². The van der Waals surface area contributed by atoms with Crippen LogP contribution in [0.1, 0.15) is 21.5 Å². The van der Waals surface area contributed by atoms with E-state index in [0.29, 0.717) is 0 Å². The zero-order valence-electron chi connectivity index (χ0n) is 7.47. The molecule has 0 aliphatic carbocycles. The molecule has 4 heteroatoms. The first kappa shape index (κ1) is 10.7. The minimum Gasteiger partial charge on any atom is -0.293 e. The number of nitrogens with zero attached hydrogens (tertiary/aromatic N) is 1. The van der Waals surface area contributed by atoms with Gasteiger partial charge in [-0.3, -0.25) is 4.79 Å². The van der Waals surface area contributed by atoms with Gasteiger partial charge in [0, 0.05) is 11.1 Å². The minimum absolute atomic E-state index is 0.0654. The van der Waals surface area contributed by atoms with Crippen molar-refractivity contribution < 1.29 is 9.18 Å². The van der Waals surface area contributed by atoms with Crippen LogP contribution in [-0.2, 0) is 0 Å². The van der Waals surface area contributed by atoms with Crippen molar-refractivity contribution >= 4 is 17.4 Å². The minimum atomic E-state index is -0.493. The summed E-state index contributed by atoms with van der Waals surface area (Å²) in [7, 11) is 0. The van der Waals surface area contributed by atoms with E-state index in [1.54, 1.807) is 6.07 Å². The number of alkyl halides is 1. The van der Waals surface area contributed by atoms with Crippen LogP contribution >= 0.6 is 11.6 Å². The van der Waals surface area contributed by atoms with E-state index in [1.807, 2.05) is 0 Å². The second-order valence-electron chi connectivity index (χ2n) is 2.76. The van der Waals surface area contributed by atoms with E-state index in [9.17, 15) is 9.18 Å². The first-order valence-corrected chi connectivity index (χ1v) is 4.43. The molecule has 0 N–H and O–H groups in total. The Morgan fingerprint density at radius 3 is 2.79 bits per heavy atom. The number of hydrogen-bond donors (Lipinski definition) is 0. The van der Waals surface area contributed by atoms with Crippen LogP contribution in [0.3, 0.4) is 0 Å². The van der Waals surface area contributed by atoms with Crippen molar-refractivity contribution in [3.63, 3.8) is 0 Å². The summed E-state index contributed by atoms with van der Waals surface area (Å²) in [6, 6.07) is 4.25. The largest absolute Gasteiger partial charge is 0.293 e. The van der Waals surface area contributed by atoms with Crippen LogP contribution in [0.2, 0.25) is 0 Å². The molecule has 1 rings (SSSR count). The number of carbonyl (C=O) groups is 1. The highest BCUT2D eigenvalue weighted by atomic mass is 35.5. The lowest BCUT2D eigenvalue weighted by Gasteiger charge is -2.04. The molecular weight excluding hydrogens is 205 g/mol. The van der Waals surface area contributed by atoms with Crippen LogP contribution in [0.15, 0.2) is 12.1 Å². The molecule has 14 heavy (non-hydrogen) atoms. The van der Waals surface area contributed by atoms with Gasteiger partial charge >= 0.3 is 0 Å². The molecule has 0 unspecified atom stereocenters. The Balaban J connectivity index is 3.40. The molecule has 0 heterocycles. The number of Topliss-reactive ketones (excluding diaryl/α,β-unsaturated/α-hetero) is 1. The van der Waals surface area contributed by atoms with Crippen molar-refractivity contribution in [2.45, 2.75) is 6.92 Å². The first-order chi connectivity index (χ1) is 6.61. The third-order valence-electron chi connectivity index (χ3n) is 1.93. The molecule has 0 aromatic heterocycles. The Labute approximate surface area is 85.9 Å². The van der Waals surface area contributed by atoms with Crippen molar-refractivity contribution in [2.24, 2.45) is 0 Å². The normalized spacial score (nSPS) is 9.57. The topological polar surface area (TPSA) is 40.9 Å².